The van der Waals surface area contributed by atoms with Crippen molar-refractivity contribution < 1.29 is 19.1 Å². The fourth-order valence-electron chi connectivity index (χ4n) is 5.37. The van der Waals surface area contributed by atoms with Crippen LogP contribution in [0.1, 0.15) is 56.0 Å². The Balaban J connectivity index is 1.44. The maximum absolute atomic E-state index is 14.3. The van der Waals surface area contributed by atoms with E-state index in [1.807, 2.05) is 12.1 Å². The summed E-state index contributed by atoms with van der Waals surface area (Å²) >= 11 is 0. The minimum atomic E-state index is -1.65. The Morgan fingerprint density at radius 2 is 1.97 bits per heavy atom. The van der Waals surface area contributed by atoms with Crippen molar-refractivity contribution in [2.75, 3.05) is 11.9 Å². The molecule has 3 aliphatic carbocycles. The first-order valence-corrected chi connectivity index (χ1v) is 12.0. The van der Waals surface area contributed by atoms with Crippen LogP contribution in [-0.2, 0) is 4.79 Å². The molecule has 3 saturated carbocycles. The normalized spacial score (nSPS) is 22.8. The second-order valence-corrected chi connectivity index (χ2v) is 10.8. The summed E-state index contributed by atoms with van der Waals surface area (Å²) in [7, 11) is 0. The molecule has 0 aromatic carbocycles. The maximum Gasteiger partial charge on any atom is 0.255 e. The van der Waals surface area contributed by atoms with E-state index < -0.39 is 17.7 Å². The monoisotopic (exact) mass is 505 g/mol. The average molecular weight is 506 g/mol. The number of pyridine rings is 1. The molecular formula is C26H28FN7O3. The summed E-state index contributed by atoms with van der Waals surface area (Å²) in [4.78, 5) is 29.1. The van der Waals surface area contributed by atoms with Crippen molar-refractivity contribution in [1.29, 1.82) is 5.26 Å². The van der Waals surface area contributed by atoms with Crippen molar-refractivity contribution in [2.45, 2.75) is 62.9 Å². The molecule has 37 heavy (non-hydrogen) atoms. The summed E-state index contributed by atoms with van der Waals surface area (Å²) in [6.07, 6.45) is 3.45. The summed E-state index contributed by atoms with van der Waals surface area (Å²) in [6, 6.07) is 9.20. The second kappa shape index (κ2) is 8.52. The van der Waals surface area contributed by atoms with E-state index in [2.05, 4.69) is 32.1 Å². The molecule has 0 saturated heterocycles. The topological polar surface area (TPSA) is 144 Å². The SMILES string of the molecule is CC(=O)NC12CC(Nc3cc(-c4ccc5cc(C#N)cnn45)ncc3C(=O)NC[C@@H](F)C(C)(C)O)(C1)C2. The molecule has 10 nitrogen and oxygen atoms in total. The van der Waals surface area contributed by atoms with E-state index in [0.717, 1.165) is 24.8 Å². The fraction of sp³-hybridized carbons (Fsp3) is 0.423. The Kier molecular flexibility index (Phi) is 5.68. The molecule has 3 aliphatic rings. The van der Waals surface area contributed by atoms with E-state index in [0.29, 0.717) is 22.6 Å². The molecule has 4 N–H and O–H groups in total. The van der Waals surface area contributed by atoms with Crippen molar-refractivity contribution in [3.8, 4) is 17.5 Å². The van der Waals surface area contributed by atoms with Crippen LogP contribution in [0, 0.1) is 11.3 Å². The van der Waals surface area contributed by atoms with Gasteiger partial charge in [-0.25, -0.2) is 8.91 Å². The zero-order valence-corrected chi connectivity index (χ0v) is 20.8. The third-order valence-corrected chi connectivity index (χ3v) is 7.12. The highest BCUT2D eigenvalue weighted by molar-refractivity contribution is 6.00. The van der Waals surface area contributed by atoms with Gasteiger partial charge in [0.25, 0.3) is 5.91 Å². The van der Waals surface area contributed by atoms with Crippen molar-refractivity contribution in [1.82, 2.24) is 25.2 Å². The minimum Gasteiger partial charge on any atom is -0.387 e. The molecule has 11 heteroatoms. The molecule has 0 radical (unpaired) electrons. The van der Waals surface area contributed by atoms with E-state index in [1.165, 1.54) is 33.2 Å². The van der Waals surface area contributed by atoms with Gasteiger partial charge in [-0.15, -0.1) is 0 Å². The van der Waals surface area contributed by atoms with Gasteiger partial charge < -0.3 is 21.1 Å². The fourth-order valence-corrected chi connectivity index (χ4v) is 5.37. The predicted octanol–water partition coefficient (Wildman–Crippen LogP) is 2.33. The Bertz CT molecular complexity index is 1430. The quantitative estimate of drug-likeness (QED) is 0.368. The van der Waals surface area contributed by atoms with Gasteiger partial charge in [0.2, 0.25) is 5.91 Å². The summed E-state index contributed by atoms with van der Waals surface area (Å²) < 4.78 is 15.9. The Hall–Kier alpha value is -4.04. The average Bonchev–Trinajstić information content (AvgIpc) is 3.22. The van der Waals surface area contributed by atoms with Gasteiger partial charge in [0.1, 0.15) is 12.2 Å². The molecule has 3 heterocycles. The number of alkyl halides is 1. The Morgan fingerprint density at radius 3 is 2.62 bits per heavy atom. The number of amides is 2. The first-order chi connectivity index (χ1) is 17.4. The van der Waals surface area contributed by atoms with Crippen LogP contribution in [0.3, 0.4) is 0 Å². The molecule has 2 bridgehead atoms. The van der Waals surface area contributed by atoms with Crippen molar-refractivity contribution in [3.05, 3.63) is 47.8 Å². The number of nitrogens with zero attached hydrogens (tertiary/aromatic N) is 4. The van der Waals surface area contributed by atoms with Crippen LogP contribution < -0.4 is 16.0 Å². The number of nitriles is 1. The predicted molar refractivity (Wildman–Crippen MR) is 133 cm³/mol. The molecular weight excluding hydrogens is 477 g/mol. The van der Waals surface area contributed by atoms with Crippen LogP contribution >= 0.6 is 0 Å². The van der Waals surface area contributed by atoms with Gasteiger partial charge in [-0.1, -0.05) is 0 Å². The van der Waals surface area contributed by atoms with E-state index in [4.69, 9.17) is 5.26 Å². The summed E-state index contributed by atoms with van der Waals surface area (Å²) in [5, 5.41) is 32.4. The zero-order chi connectivity index (χ0) is 26.6. The Morgan fingerprint density at radius 1 is 1.24 bits per heavy atom. The molecule has 0 unspecified atom stereocenters. The number of aliphatic hydroxyl groups is 1. The third kappa shape index (κ3) is 4.49. The molecule has 3 fully saturated rings. The molecule has 0 spiro atoms. The number of rotatable bonds is 8. The molecule has 3 aromatic rings. The molecule has 1 atom stereocenters. The summed E-state index contributed by atoms with van der Waals surface area (Å²) in [5.41, 5.74) is 1.11. The van der Waals surface area contributed by atoms with Crippen LogP contribution in [0.4, 0.5) is 10.1 Å². The maximum atomic E-state index is 14.3. The minimum absolute atomic E-state index is 0.0701. The molecule has 6 rings (SSSR count). The number of hydrogen-bond acceptors (Lipinski definition) is 7. The van der Waals surface area contributed by atoms with Gasteiger partial charge in [0, 0.05) is 24.2 Å². The summed E-state index contributed by atoms with van der Waals surface area (Å²) in [6.45, 7) is 3.83. The van der Waals surface area contributed by atoms with Gasteiger partial charge in [-0.05, 0) is 57.4 Å². The Labute approximate surface area is 212 Å². The standard InChI is InChI=1S/C26H28FN7O3/c1-15(35)32-25-12-26(13-25,14-25)33-19-7-20(21-5-4-17-6-16(8-28)9-31-34(17)21)29-10-18(19)23(36)30-11-22(27)24(2,3)37/h4-7,9-10,22,37H,11-14H2,1-3H3,(H,29,33)(H,30,36)(H,32,35)/t22-,25?,26?/m1/s1. The van der Waals surface area contributed by atoms with Gasteiger partial charge >= 0.3 is 0 Å². The lowest BCUT2D eigenvalue weighted by Gasteiger charge is -2.70. The lowest BCUT2D eigenvalue weighted by Crippen LogP contribution is -2.81. The lowest BCUT2D eigenvalue weighted by atomic mass is 9.44. The number of carbonyl (C=O) groups is 2. The van der Waals surface area contributed by atoms with E-state index in [-0.39, 0.29) is 29.1 Å². The number of nitrogens with one attached hydrogen (secondary N) is 3. The highest BCUT2D eigenvalue weighted by Crippen LogP contribution is 2.62. The van der Waals surface area contributed by atoms with Crippen molar-refractivity contribution in [2.24, 2.45) is 0 Å². The zero-order valence-electron chi connectivity index (χ0n) is 20.8. The van der Waals surface area contributed by atoms with Crippen molar-refractivity contribution >= 4 is 23.0 Å². The molecule has 2 amide bonds. The van der Waals surface area contributed by atoms with E-state index in [9.17, 15) is 19.1 Å². The van der Waals surface area contributed by atoms with E-state index >= 15 is 0 Å². The second-order valence-electron chi connectivity index (χ2n) is 10.8. The van der Waals surface area contributed by atoms with Crippen LogP contribution in [0.2, 0.25) is 0 Å². The van der Waals surface area contributed by atoms with E-state index in [1.54, 1.807) is 16.6 Å². The van der Waals surface area contributed by atoms with Crippen LogP contribution in [0.15, 0.2) is 36.7 Å². The van der Waals surface area contributed by atoms with Gasteiger partial charge in [0.05, 0.1) is 52.1 Å². The van der Waals surface area contributed by atoms with Gasteiger partial charge in [-0.3, -0.25) is 14.6 Å². The smallest absolute Gasteiger partial charge is 0.255 e. The van der Waals surface area contributed by atoms with Gasteiger partial charge in [0.15, 0.2) is 0 Å². The number of hydrogen-bond donors (Lipinski definition) is 4. The number of aromatic nitrogens is 3. The number of anilines is 1. The number of fused-ring (bicyclic) bond motifs is 1. The first kappa shape index (κ1) is 24.6. The molecule has 0 aliphatic heterocycles. The summed E-state index contributed by atoms with van der Waals surface area (Å²) in [5.74, 6) is -0.590. The number of halogens is 1. The first-order valence-electron chi connectivity index (χ1n) is 12.0. The van der Waals surface area contributed by atoms with Crippen molar-refractivity contribution in [3.63, 3.8) is 0 Å². The lowest BCUT2D eigenvalue weighted by molar-refractivity contribution is -0.131. The van der Waals surface area contributed by atoms with Gasteiger partial charge in [-0.2, -0.15) is 10.4 Å². The largest absolute Gasteiger partial charge is 0.387 e. The van der Waals surface area contributed by atoms with Crippen LogP contribution in [0.25, 0.3) is 16.9 Å². The molecule has 192 valence electrons. The van der Waals surface area contributed by atoms with Crippen LogP contribution in [0.5, 0.6) is 0 Å². The van der Waals surface area contributed by atoms with Crippen LogP contribution in [-0.4, -0.2) is 60.9 Å². The third-order valence-electron chi connectivity index (χ3n) is 7.12. The molecule has 3 aromatic heterocycles. The highest BCUT2D eigenvalue weighted by atomic mass is 19.1. The number of carbonyl (C=O) groups excluding carboxylic acids is 2. The highest BCUT2D eigenvalue weighted by Gasteiger charge is 2.68.